The fraction of sp³-hybridized carbons (Fsp3) is 0.529. The molecule has 1 saturated heterocycles. The van der Waals surface area contributed by atoms with E-state index in [1.165, 1.54) is 0 Å². The summed E-state index contributed by atoms with van der Waals surface area (Å²) in [6, 6.07) is 5.24. The zero-order valence-corrected chi connectivity index (χ0v) is 14.1. The summed E-state index contributed by atoms with van der Waals surface area (Å²) in [5.74, 6) is -0.298. The van der Waals surface area contributed by atoms with E-state index in [1.807, 2.05) is 36.9 Å². The molecular weight excluding hydrogens is 292 g/mol. The van der Waals surface area contributed by atoms with Crippen LogP contribution in [0.5, 0.6) is 0 Å². The third kappa shape index (κ3) is 4.77. The molecule has 1 aliphatic heterocycles. The molecule has 0 radical (unpaired) electrons. The average Bonchev–Trinajstić information content (AvgIpc) is 2.84. The normalized spacial score (nSPS) is 21.2. The maximum absolute atomic E-state index is 12.0. The fourth-order valence-corrected chi connectivity index (χ4v) is 2.90. The number of nitrogens with zero attached hydrogens (tertiary/aromatic N) is 1. The number of carbonyl (C=O) groups excluding carboxylic acids is 2. The van der Waals surface area contributed by atoms with Gasteiger partial charge in [-0.3, -0.25) is 15.0 Å². The van der Waals surface area contributed by atoms with E-state index in [2.05, 4.69) is 17.6 Å². The van der Waals surface area contributed by atoms with Gasteiger partial charge in [-0.1, -0.05) is 24.6 Å². The molecule has 1 fully saturated rings. The van der Waals surface area contributed by atoms with Crippen LogP contribution in [0, 0.1) is 19.3 Å². The molecule has 1 aromatic carbocycles. The third-order valence-corrected chi connectivity index (χ3v) is 4.38. The highest BCUT2D eigenvalue weighted by atomic mass is 16.2. The van der Waals surface area contributed by atoms with Crippen molar-refractivity contribution in [2.45, 2.75) is 27.2 Å². The first kappa shape index (κ1) is 17.4. The van der Waals surface area contributed by atoms with Crippen molar-refractivity contribution in [3.8, 4) is 0 Å². The molecule has 1 aliphatic rings. The van der Waals surface area contributed by atoms with Crippen LogP contribution >= 0.6 is 0 Å². The van der Waals surface area contributed by atoms with Crippen LogP contribution in [-0.2, 0) is 4.79 Å². The largest absolute Gasteiger partial charge is 0.330 e. The molecular formula is C17H26N4O2. The molecule has 0 aliphatic carbocycles. The number of imide groups is 1. The summed E-state index contributed by atoms with van der Waals surface area (Å²) in [5.41, 5.74) is 8.63. The molecule has 0 saturated carbocycles. The van der Waals surface area contributed by atoms with Crippen LogP contribution in [0.25, 0.3) is 0 Å². The maximum Gasteiger partial charge on any atom is 0.325 e. The quantitative estimate of drug-likeness (QED) is 0.787. The molecule has 6 heteroatoms. The number of likely N-dealkylation sites (tertiary alicyclic amines) is 1. The van der Waals surface area contributed by atoms with E-state index in [0.717, 1.165) is 30.6 Å². The van der Waals surface area contributed by atoms with Crippen LogP contribution in [0.4, 0.5) is 10.5 Å². The Morgan fingerprint density at radius 1 is 1.35 bits per heavy atom. The molecule has 1 heterocycles. The number of amides is 3. The highest BCUT2D eigenvalue weighted by Crippen LogP contribution is 2.27. The fourth-order valence-electron chi connectivity index (χ4n) is 2.90. The maximum atomic E-state index is 12.0. The molecule has 0 spiro atoms. The van der Waals surface area contributed by atoms with E-state index < -0.39 is 6.03 Å². The van der Waals surface area contributed by atoms with Gasteiger partial charge in [-0.15, -0.1) is 0 Å². The molecule has 0 bridgehead atoms. The number of benzene rings is 1. The average molecular weight is 318 g/mol. The molecule has 4 N–H and O–H groups in total. The van der Waals surface area contributed by atoms with Crippen molar-refractivity contribution in [1.82, 2.24) is 10.2 Å². The van der Waals surface area contributed by atoms with Gasteiger partial charge < -0.3 is 11.1 Å². The number of urea groups is 1. The summed E-state index contributed by atoms with van der Waals surface area (Å²) in [6.07, 6.45) is 0.978. The van der Waals surface area contributed by atoms with Crippen LogP contribution < -0.4 is 16.4 Å². The Morgan fingerprint density at radius 2 is 2.09 bits per heavy atom. The minimum atomic E-state index is -0.497. The van der Waals surface area contributed by atoms with Gasteiger partial charge in [0.15, 0.2) is 0 Å². The van der Waals surface area contributed by atoms with Crippen molar-refractivity contribution >= 4 is 17.6 Å². The Morgan fingerprint density at radius 3 is 2.70 bits per heavy atom. The second-order valence-corrected chi connectivity index (χ2v) is 6.80. The van der Waals surface area contributed by atoms with Crippen molar-refractivity contribution in [2.24, 2.45) is 11.1 Å². The zero-order chi connectivity index (χ0) is 17.0. The standard InChI is InChI=1S/C17H26N4O2/c1-12-4-5-14(13(2)8-12)19-16(23)20-15(22)9-21-7-6-17(3,10-18)11-21/h4-5,8H,6-7,9-11,18H2,1-3H3,(H2,19,20,22,23). The van der Waals surface area contributed by atoms with Crippen molar-refractivity contribution < 1.29 is 9.59 Å². The van der Waals surface area contributed by atoms with E-state index in [0.29, 0.717) is 12.2 Å². The number of nitrogens with two attached hydrogens (primary N) is 1. The number of nitrogens with one attached hydrogen (secondary N) is 2. The SMILES string of the molecule is Cc1ccc(NC(=O)NC(=O)CN2CCC(C)(CN)C2)c(C)c1. The predicted molar refractivity (Wildman–Crippen MR) is 91.3 cm³/mol. The summed E-state index contributed by atoms with van der Waals surface area (Å²) >= 11 is 0. The van der Waals surface area contributed by atoms with Crippen LogP contribution in [0.3, 0.4) is 0 Å². The van der Waals surface area contributed by atoms with Gasteiger partial charge >= 0.3 is 6.03 Å². The van der Waals surface area contributed by atoms with E-state index in [-0.39, 0.29) is 17.9 Å². The van der Waals surface area contributed by atoms with Gasteiger partial charge in [0.25, 0.3) is 0 Å². The van der Waals surface area contributed by atoms with E-state index in [9.17, 15) is 9.59 Å². The Balaban J connectivity index is 1.82. The summed E-state index contributed by atoms with van der Waals surface area (Å²) in [7, 11) is 0. The van der Waals surface area contributed by atoms with Gasteiger partial charge in [0.2, 0.25) is 5.91 Å². The molecule has 3 amide bonds. The number of hydrogen-bond donors (Lipinski definition) is 3. The van der Waals surface area contributed by atoms with Crippen LogP contribution in [0.2, 0.25) is 0 Å². The minimum absolute atomic E-state index is 0.0710. The predicted octanol–water partition coefficient (Wildman–Crippen LogP) is 1.62. The van der Waals surface area contributed by atoms with Gasteiger partial charge in [-0.25, -0.2) is 4.79 Å². The zero-order valence-electron chi connectivity index (χ0n) is 14.1. The van der Waals surface area contributed by atoms with Crippen molar-refractivity contribution in [3.05, 3.63) is 29.3 Å². The second-order valence-electron chi connectivity index (χ2n) is 6.80. The first-order chi connectivity index (χ1) is 10.8. The molecule has 0 aromatic heterocycles. The van der Waals surface area contributed by atoms with Crippen molar-refractivity contribution in [1.29, 1.82) is 0 Å². The summed E-state index contributed by atoms with van der Waals surface area (Å²) in [5, 5.41) is 5.09. The smallest absolute Gasteiger partial charge is 0.325 e. The Bertz CT molecular complexity index is 602. The molecule has 6 nitrogen and oxygen atoms in total. The lowest BCUT2D eigenvalue weighted by molar-refractivity contribution is -0.120. The van der Waals surface area contributed by atoms with E-state index in [4.69, 9.17) is 5.73 Å². The Kier molecular flexibility index (Phi) is 5.38. The van der Waals surface area contributed by atoms with Gasteiger partial charge in [0.1, 0.15) is 0 Å². The first-order valence-electron chi connectivity index (χ1n) is 7.92. The summed E-state index contributed by atoms with van der Waals surface area (Å²) in [6.45, 7) is 8.48. The molecule has 1 aromatic rings. The van der Waals surface area contributed by atoms with E-state index >= 15 is 0 Å². The Labute approximate surface area is 137 Å². The topological polar surface area (TPSA) is 87.5 Å². The number of hydrogen-bond acceptors (Lipinski definition) is 4. The highest BCUT2D eigenvalue weighted by Gasteiger charge is 2.33. The van der Waals surface area contributed by atoms with Gasteiger partial charge in [0, 0.05) is 12.2 Å². The number of anilines is 1. The van der Waals surface area contributed by atoms with Gasteiger partial charge in [0.05, 0.1) is 6.54 Å². The van der Waals surface area contributed by atoms with Crippen molar-refractivity contribution in [2.75, 3.05) is 31.5 Å². The molecule has 2 rings (SSSR count). The van der Waals surface area contributed by atoms with Gasteiger partial charge in [-0.2, -0.15) is 0 Å². The monoisotopic (exact) mass is 318 g/mol. The molecule has 126 valence electrons. The van der Waals surface area contributed by atoms with E-state index in [1.54, 1.807) is 0 Å². The van der Waals surface area contributed by atoms with Crippen molar-refractivity contribution in [3.63, 3.8) is 0 Å². The molecule has 1 atom stereocenters. The summed E-state index contributed by atoms with van der Waals surface area (Å²) < 4.78 is 0. The highest BCUT2D eigenvalue weighted by molar-refractivity contribution is 6.02. The summed E-state index contributed by atoms with van der Waals surface area (Å²) in [4.78, 5) is 26.0. The second kappa shape index (κ2) is 7.10. The van der Waals surface area contributed by atoms with Crippen LogP contribution in [0.1, 0.15) is 24.5 Å². The first-order valence-corrected chi connectivity index (χ1v) is 7.92. The lowest BCUT2D eigenvalue weighted by Crippen LogP contribution is -2.42. The number of rotatable bonds is 4. The molecule has 1 unspecified atom stereocenters. The lowest BCUT2D eigenvalue weighted by Gasteiger charge is -2.22. The number of carbonyl (C=O) groups is 2. The molecule has 23 heavy (non-hydrogen) atoms. The number of aryl methyl sites for hydroxylation is 2. The van der Waals surface area contributed by atoms with Crippen LogP contribution in [0.15, 0.2) is 18.2 Å². The Hall–Kier alpha value is -1.92. The minimum Gasteiger partial charge on any atom is -0.330 e. The lowest BCUT2D eigenvalue weighted by atomic mass is 9.90. The third-order valence-electron chi connectivity index (χ3n) is 4.38. The van der Waals surface area contributed by atoms with Crippen LogP contribution in [-0.4, -0.2) is 43.0 Å². The van der Waals surface area contributed by atoms with Gasteiger partial charge in [-0.05, 0) is 50.4 Å².